The molecule has 0 spiro atoms. The molecule has 1 amide bonds. The smallest absolute Gasteiger partial charge is 0.408 e. The Morgan fingerprint density at radius 2 is 1.71 bits per heavy atom. The SMILES string of the molecule is CC(C)(CC(=O)OCCl)NC(=O)OC(C)(C)C. The van der Waals surface area contributed by atoms with E-state index in [1.165, 1.54) is 0 Å². The summed E-state index contributed by atoms with van der Waals surface area (Å²) in [5.74, 6) is -0.471. The Balaban J connectivity index is 4.25. The van der Waals surface area contributed by atoms with Gasteiger partial charge in [-0.2, -0.15) is 0 Å². The molecule has 0 aromatic carbocycles. The van der Waals surface area contributed by atoms with Crippen molar-refractivity contribution in [2.45, 2.75) is 52.2 Å². The van der Waals surface area contributed by atoms with Gasteiger partial charge in [-0.25, -0.2) is 4.79 Å². The zero-order valence-corrected chi connectivity index (χ0v) is 11.7. The first-order valence-electron chi connectivity index (χ1n) is 5.28. The number of alkyl carbamates (subject to hydrolysis) is 1. The fourth-order valence-electron chi connectivity index (χ4n) is 1.10. The second-order valence-corrected chi connectivity index (χ2v) is 5.53. The van der Waals surface area contributed by atoms with Crippen LogP contribution in [-0.2, 0) is 14.3 Å². The van der Waals surface area contributed by atoms with Crippen molar-refractivity contribution < 1.29 is 19.1 Å². The summed E-state index contributed by atoms with van der Waals surface area (Å²) in [5.41, 5.74) is -1.32. The standard InChI is InChI=1S/C11H20ClNO4/c1-10(2,3)17-9(15)13-11(4,5)6-8(14)16-7-12/h6-7H2,1-5H3,(H,13,15). The van der Waals surface area contributed by atoms with Crippen LogP contribution in [0.15, 0.2) is 0 Å². The van der Waals surface area contributed by atoms with Crippen molar-refractivity contribution in [2.24, 2.45) is 0 Å². The second kappa shape index (κ2) is 6.10. The number of alkyl halides is 1. The number of carbonyl (C=O) groups excluding carboxylic acids is 2. The number of ether oxygens (including phenoxy) is 2. The van der Waals surface area contributed by atoms with E-state index in [1.54, 1.807) is 34.6 Å². The summed E-state index contributed by atoms with van der Waals surface area (Å²) in [7, 11) is 0. The molecule has 100 valence electrons. The molecule has 0 fully saturated rings. The molecule has 0 aliphatic carbocycles. The molecule has 0 aliphatic rings. The lowest BCUT2D eigenvalue weighted by molar-refractivity contribution is -0.142. The van der Waals surface area contributed by atoms with Crippen LogP contribution in [0.25, 0.3) is 0 Å². The molecule has 0 atom stereocenters. The van der Waals surface area contributed by atoms with Crippen LogP contribution < -0.4 is 5.32 Å². The van der Waals surface area contributed by atoms with Gasteiger partial charge in [-0.05, 0) is 34.6 Å². The van der Waals surface area contributed by atoms with E-state index in [2.05, 4.69) is 10.1 Å². The van der Waals surface area contributed by atoms with Crippen LogP contribution in [0.3, 0.4) is 0 Å². The van der Waals surface area contributed by atoms with Gasteiger partial charge < -0.3 is 14.8 Å². The number of halogens is 1. The Labute approximate surface area is 107 Å². The van der Waals surface area contributed by atoms with E-state index in [0.29, 0.717) is 0 Å². The highest BCUT2D eigenvalue weighted by Gasteiger charge is 2.27. The Morgan fingerprint density at radius 1 is 1.18 bits per heavy atom. The zero-order chi connectivity index (χ0) is 13.7. The van der Waals surface area contributed by atoms with E-state index >= 15 is 0 Å². The topological polar surface area (TPSA) is 64.6 Å². The van der Waals surface area contributed by atoms with Gasteiger partial charge in [0, 0.05) is 5.54 Å². The fourth-order valence-corrected chi connectivity index (χ4v) is 1.22. The van der Waals surface area contributed by atoms with Crippen molar-refractivity contribution in [3.05, 3.63) is 0 Å². The second-order valence-electron chi connectivity index (χ2n) is 5.31. The third-order valence-electron chi connectivity index (χ3n) is 1.64. The first kappa shape index (κ1) is 16.0. The van der Waals surface area contributed by atoms with Crippen LogP contribution in [0.2, 0.25) is 0 Å². The molecule has 0 unspecified atom stereocenters. The van der Waals surface area contributed by atoms with Gasteiger partial charge in [0.1, 0.15) is 5.60 Å². The number of amides is 1. The highest BCUT2D eigenvalue weighted by Crippen LogP contribution is 2.12. The molecule has 0 aromatic heterocycles. The number of hydrogen-bond donors (Lipinski definition) is 1. The van der Waals surface area contributed by atoms with Gasteiger partial charge in [-0.3, -0.25) is 4.79 Å². The van der Waals surface area contributed by atoms with Crippen LogP contribution in [0.1, 0.15) is 41.0 Å². The molecular formula is C11H20ClNO4. The van der Waals surface area contributed by atoms with Crippen LogP contribution in [0.4, 0.5) is 4.79 Å². The first-order valence-corrected chi connectivity index (χ1v) is 5.82. The molecule has 1 N–H and O–H groups in total. The Morgan fingerprint density at radius 3 is 2.12 bits per heavy atom. The van der Waals surface area contributed by atoms with Gasteiger partial charge in [0.2, 0.25) is 0 Å². The predicted octanol–water partition coefficient (Wildman–Crippen LogP) is 2.42. The van der Waals surface area contributed by atoms with Crippen molar-refractivity contribution >= 4 is 23.7 Å². The minimum atomic E-state index is -0.745. The molecule has 0 aromatic rings. The van der Waals surface area contributed by atoms with Gasteiger partial charge in [-0.15, -0.1) is 0 Å². The van der Waals surface area contributed by atoms with Gasteiger partial charge in [-0.1, -0.05) is 11.6 Å². The van der Waals surface area contributed by atoms with Crippen LogP contribution in [-0.4, -0.2) is 29.3 Å². The van der Waals surface area contributed by atoms with E-state index in [1.807, 2.05) is 0 Å². The minimum absolute atomic E-state index is 0.0267. The summed E-state index contributed by atoms with van der Waals surface area (Å²) in [6.07, 6.45) is -0.542. The fraction of sp³-hybridized carbons (Fsp3) is 0.818. The molecule has 0 rings (SSSR count). The van der Waals surface area contributed by atoms with Gasteiger partial charge in [0.25, 0.3) is 0 Å². The van der Waals surface area contributed by atoms with E-state index in [9.17, 15) is 9.59 Å². The summed E-state index contributed by atoms with van der Waals surface area (Å²) in [6.45, 7) is 8.70. The number of carbonyl (C=O) groups is 2. The van der Waals surface area contributed by atoms with Crippen molar-refractivity contribution in [1.82, 2.24) is 5.32 Å². The Bertz CT molecular complexity index is 284. The number of nitrogens with one attached hydrogen (secondary N) is 1. The lowest BCUT2D eigenvalue weighted by Gasteiger charge is -2.27. The highest BCUT2D eigenvalue weighted by atomic mass is 35.5. The normalized spacial score (nSPS) is 11.9. The predicted molar refractivity (Wildman–Crippen MR) is 64.9 cm³/mol. The van der Waals surface area contributed by atoms with Crippen LogP contribution >= 0.6 is 11.6 Å². The lowest BCUT2D eigenvalue weighted by Crippen LogP contribution is -2.47. The van der Waals surface area contributed by atoms with Gasteiger partial charge in [0.15, 0.2) is 6.07 Å². The van der Waals surface area contributed by atoms with E-state index < -0.39 is 23.2 Å². The van der Waals surface area contributed by atoms with Crippen molar-refractivity contribution in [3.63, 3.8) is 0 Å². The average molecular weight is 266 g/mol. The Hall–Kier alpha value is -0.970. The summed E-state index contributed by atoms with van der Waals surface area (Å²) in [5, 5.41) is 2.60. The number of rotatable bonds is 4. The molecule has 0 radical (unpaired) electrons. The molecule has 0 aliphatic heterocycles. The number of hydrogen-bond acceptors (Lipinski definition) is 4. The molecule has 0 bridgehead atoms. The summed E-state index contributed by atoms with van der Waals surface area (Å²) in [4.78, 5) is 22.7. The lowest BCUT2D eigenvalue weighted by atomic mass is 10.0. The summed E-state index contributed by atoms with van der Waals surface area (Å²) >= 11 is 5.26. The van der Waals surface area contributed by atoms with Gasteiger partial charge >= 0.3 is 12.1 Å². The maximum atomic E-state index is 11.5. The molecular weight excluding hydrogens is 246 g/mol. The van der Waals surface area contributed by atoms with E-state index in [4.69, 9.17) is 16.3 Å². The van der Waals surface area contributed by atoms with E-state index in [-0.39, 0.29) is 12.5 Å². The molecule has 6 heteroatoms. The average Bonchev–Trinajstić information content (AvgIpc) is 1.96. The third-order valence-corrected chi connectivity index (χ3v) is 1.75. The zero-order valence-electron chi connectivity index (χ0n) is 10.9. The third kappa shape index (κ3) is 8.80. The van der Waals surface area contributed by atoms with Crippen molar-refractivity contribution in [2.75, 3.05) is 6.07 Å². The monoisotopic (exact) mass is 265 g/mol. The minimum Gasteiger partial charge on any atom is -0.449 e. The quantitative estimate of drug-likeness (QED) is 0.626. The maximum Gasteiger partial charge on any atom is 0.408 e. The van der Waals surface area contributed by atoms with E-state index in [0.717, 1.165) is 0 Å². The molecule has 0 saturated heterocycles. The number of esters is 1. The molecule has 0 saturated carbocycles. The summed E-state index contributed by atoms with van der Waals surface area (Å²) in [6, 6.07) is -0.193. The molecule has 0 heterocycles. The molecule has 5 nitrogen and oxygen atoms in total. The maximum absolute atomic E-state index is 11.5. The van der Waals surface area contributed by atoms with Crippen molar-refractivity contribution in [3.8, 4) is 0 Å². The summed E-state index contributed by atoms with van der Waals surface area (Å²) < 4.78 is 9.68. The van der Waals surface area contributed by atoms with Crippen LogP contribution in [0.5, 0.6) is 0 Å². The first-order chi connectivity index (χ1) is 7.56. The van der Waals surface area contributed by atoms with Gasteiger partial charge in [0.05, 0.1) is 6.42 Å². The molecule has 17 heavy (non-hydrogen) atoms. The largest absolute Gasteiger partial charge is 0.449 e. The van der Waals surface area contributed by atoms with Crippen molar-refractivity contribution in [1.29, 1.82) is 0 Å². The van der Waals surface area contributed by atoms with Crippen LogP contribution in [0, 0.1) is 0 Å². The Kier molecular flexibility index (Phi) is 5.75. The highest BCUT2D eigenvalue weighted by molar-refractivity contribution is 6.17.